The normalized spacial score (nSPS) is 11.1. The number of nitrogens with one attached hydrogen (secondary N) is 1. The molecule has 0 aliphatic rings. The molecule has 2 aromatic rings. The zero-order valence-electron chi connectivity index (χ0n) is 17.8. The van der Waals surface area contributed by atoms with Crippen molar-refractivity contribution in [1.82, 2.24) is 0 Å². The van der Waals surface area contributed by atoms with Crippen molar-refractivity contribution >= 4 is 27.6 Å². The standard InChI is InChI=1S/C22H25NO7S/c1-6-31(25,26)23-19-12-15(7-10-20(19)28-3)11-16(24)8-9-18-21(29-4)13-17(27-2)14-22(18)30-5/h6-10,12-14,23H,1,11H2,2-5H3/b9-8+. The molecule has 0 saturated carbocycles. The Labute approximate surface area is 182 Å². The maximum atomic E-state index is 12.5. The Morgan fingerprint density at radius 2 is 1.58 bits per heavy atom. The van der Waals surface area contributed by atoms with E-state index in [1.807, 2.05) is 0 Å². The molecule has 0 heterocycles. The third-order valence-corrected chi connectivity index (χ3v) is 5.25. The largest absolute Gasteiger partial charge is 0.496 e. The molecule has 8 nitrogen and oxygen atoms in total. The van der Waals surface area contributed by atoms with Crippen LogP contribution in [-0.4, -0.2) is 42.6 Å². The van der Waals surface area contributed by atoms with Crippen molar-refractivity contribution in [1.29, 1.82) is 0 Å². The predicted octanol–water partition coefficient (Wildman–Crippen LogP) is 3.43. The maximum Gasteiger partial charge on any atom is 0.254 e. The van der Waals surface area contributed by atoms with E-state index >= 15 is 0 Å². The van der Waals surface area contributed by atoms with Gasteiger partial charge in [-0.15, -0.1) is 0 Å². The molecule has 2 aromatic carbocycles. The van der Waals surface area contributed by atoms with Crippen molar-refractivity contribution in [3.8, 4) is 23.0 Å². The van der Waals surface area contributed by atoms with Crippen LogP contribution in [0.5, 0.6) is 23.0 Å². The molecule has 0 atom stereocenters. The highest BCUT2D eigenvalue weighted by atomic mass is 32.2. The zero-order valence-corrected chi connectivity index (χ0v) is 18.6. The second-order valence-electron chi connectivity index (χ2n) is 6.27. The van der Waals surface area contributed by atoms with Crippen LogP contribution in [-0.2, 0) is 21.2 Å². The van der Waals surface area contributed by atoms with Gasteiger partial charge in [-0.2, -0.15) is 0 Å². The number of sulfonamides is 1. The number of carbonyl (C=O) groups is 1. The van der Waals surface area contributed by atoms with Gasteiger partial charge in [-0.1, -0.05) is 12.6 Å². The Morgan fingerprint density at radius 3 is 2.10 bits per heavy atom. The third-order valence-electron chi connectivity index (χ3n) is 4.30. The minimum absolute atomic E-state index is 0.0457. The van der Waals surface area contributed by atoms with Gasteiger partial charge in [0.05, 0.1) is 39.7 Å². The highest BCUT2D eigenvalue weighted by Crippen LogP contribution is 2.35. The number of hydrogen-bond donors (Lipinski definition) is 1. The summed E-state index contributed by atoms with van der Waals surface area (Å²) in [5.41, 5.74) is 1.41. The zero-order chi connectivity index (χ0) is 23.0. The molecule has 0 saturated heterocycles. The summed E-state index contributed by atoms with van der Waals surface area (Å²) in [6.07, 6.45) is 3.05. The number of carbonyl (C=O) groups excluding carboxylic acids is 1. The van der Waals surface area contributed by atoms with E-state index in [-0.39, 0.29) is 17.9 Å². The van der Waals surface area contributed by atoms with Crippen LogP contribution in [0.3, 0.4) is 0 Å². The molecule has 0 fully saturated rings. The van der Waals surface area contributed by atoms with Gasteiger partial charge in [0, 0.05) is 24.0 Å². The molecule has 0 spiro atoms. The van der Waals surface area contributed by atoms with E-state index in [4.69, 9.17) is 18.9 Å². The van der Waals surface area contributed by atoms with Gasteiger partial charge in [0.25, 0.3) is 10.0 Å². The van der Waals surface area contributed by atoms with Crippen molar-refractivity contribution in [2.45, 2.75) is 6.42 Å². The molecular weight excluding hydrogens is 422 g/mol. The first-order valence-corrected chi connectivity index (χ1v) is 10.6. The number of rotatable bonds is 11. The average molecular weight is 448 g/mol. The van der Waals surface area contributed by atoms with E-state index in [0.717, 1.165) is 5.41 Å². The van der Waals surface area contributed by atoms with Crippen LogP contribution in [0.15, 0.2) is 48.4 Å². The quantitative estimate of drug-likeness (QED) is 0.527. The highest BCUT2D eigenvalue weighted by Gasteiger charge is 2.13. The van der Waals surface area contributed by atoms with Crippen molar-refractivity contribution in [2.24, 2.45) is 0 Å². The Hall–Kier alpha value is -3.46. The second-order valence-corrected chi connectivity index (χ2v) is 7.90. The second kappa shape index (κ2) is 10.5. The van der Waals surface area contributed by atoms with E-state index in [1.165, 1.54) is 34.5 Å². The molecule has 0 radical (unpaired) electrons. The number of allylic oxidation sites excluding steroid dienone is 1. The van der Waals surface area contributed by atoms with E-state index < -0.39 is 10.0 Å². The van der Waals surface area contributed by atoms with Gasteiger partial charge in [-0.25, -0.2) is 8.42 Å². The fourth-order valence-electron chi connectivity index (χ4n) is 2.77. The number of hydrogen-bond acceptors (Lipinski definition) is 7. The lowest BCUT2D eigenvalue weighted by atomic mass is 10.1. The number of ether oxygens (including phenoxy) is 4. The van der Waals surface area contributed by atoms with Crippen molar-refractivity contribution in [2.75, 3.05) is 33.2 Å². The Balaban J connectivity index is 2.27. The fourth-order valence-corrected chi connectivity index (χ4v) is 3.32. The lowest BCUT2D eigenvalue weighted by molar-refractivity contribution is -0.113. The molecule has 2 rings (SSSR count). The summed E-state index contributed by atoms with van der Waals surface area (Å²) in [4.78, 5) is 12.5. The maximum absolute atomic E-state index is 12.5. The smallest absolute Gasteiger partial charge is 0.254 e. The number of anilines is 1. The van der Waals surface area contributed by atoms with Gasteiger partial charge in [0.15, 0.2) is 5.78 Å². The number of benzene rings is 2. The van der Waals surface area contributed by atoms with Gasteiger partial charge in [-0.3, -0.25) is 9.52 Å². The van der Waals surface area contributed by atoms with E-state index in [9.17, 15) is 13.2 Å². The van der Waals surface area contributed by atoms with Crippen LogP contribution in [0, 0.1) is 0 Å². The molecule has 31 heavy (non-hydrogen) atoms. The number of ketones is 1. The molecule has 0 aromatic heterocycles. The van der Waals surface area contributed by atoms with Crippen molar-refractivity contribution in [3.63, 3.8) is 0 Å². The van der Waals surface area contributed by atoms with Crippen molar-refractivity contribution < 1.29 is 32.2 Å². The minimum atomic E-state index is -3.72. The van der Waals surface area contributed by atoms with Crippen LogP contribution in [0.25, 0.3) is 6.08 Å². The summed E-state index contributed by atoms with van der Waals surface area (Å²) in [7, 11) is 2.25. The molecule has 9 heteroatoms. The average Bonchev–Trinajstić information content (AvgIpc) is 2.76. The fraction of sp³-hybridized carbons (Fsp3) is 0.227. The predicted molar refractivity (Wildman–Crippen MR) is 120 cm³/mol. The van der Waals surface area contributed by atoms with Crippen LogP contribution in [0.2, 0.25) is 0 Å². The number of methoxy groups -OCH3 is 4. The Morgan fingerprint density at radius 1 is 0.968 bits per heavy atom. The highest BCUT2D eigenvalue weighted by molar-refractivity contribution is 7.95. The molecule has 0 bridgehead atoms. The summed E-state index contributed by atoms with van der Waals surface area (Å²) in [6.45, 7) is 3.26. The molecule has 0 aliphatic heterocycles. The lowest BCUT2D eigenvalue weighted by Crippen LogP contribution is -2.10. The minimum Gasteiger partial charge on any atom is -0.496 e. The SMILES string of the molecule is C=CS(=O)(=O)Nc1cc(CC(=O)/C=C/c2c(OC)cc(OC)cc2OC)ccc1OC. The molecule has 1 N–H and O–H groups in total. The summed E-state index contributed by atoms with van der Waals surface area (Å²) in [5.74, 6) is 1.66. The van der Waals surface area contributed by atoms with Gasteiger partial charge in [-0.05, 0) is 29.8 Å². The third kappa shape index (κ3) is 6.26. The van der Waals surface area contributed by atoms with E-state index in [1.54, 1.807) is 36.4 Å². The van der Waals surface area contributed by atoms with E-state index in [2.05, 4.69) is 11.3 Å². The summed E-state index contributed by atoms with van der Waals surface area (Å²) in [6, 6.07) is 8.19. The first kappa shape index (κ1) is 23.8. The summed E-state index contributed by atoms with van der Waals surface area (Å²) in [5, 5.41) is 0.794. The van der Waals surface area contributed by atoms with Gasteiger partial charge in [0.2, 0.25) is 0 Å². The topological polar surface area (TPSA) is 100 Å². The van der Waals surface area contributed by atoms with E-state index in [0.29, 0.717) is 34.1 Å². The Kier molecular flexibility index (Phi) is 8.09. The first-order valence-electron chi connectivity index (χ1n) is 9.10. The van der Waals surface area contributed by atoms with Gasteiger partial charge in [0.1, 0.15) is 23.0 Å². The molecular formula is C22H25NO7S. The molecule has 0 unspecified atom stereocenters. The van der Waals surface area contributed by atoms with Crippen LogP contribution in [0.4, 0.5) is 5.69 Å². The molecule has 0 amide bonds. The van der Waals surface area contributed by atoms with Crippen LogP contribution < -0.4 is 23.7 Å². The summed E-state index contributed by atoms with van der Waals surface area (Å²) < 4.78 is 47.1. The van der Waals surface area contributed by atoms with Gasteiger partial charge >= 0.3 is 0 Å². The van der Waals surface area contributed by atoms with Gasteiger partial charge < -0.3 is 18.9 Å². The lowest BCUT2D eigenvalue weighted by Gasteiger charge is -2.12. The summed E-state index contributed by atoms with van der Waals surface area (Å²) >= 11 is 0. The van der Waals surface area contributed by atoms with Crippen molar-refractivity contribution in [3.05, 3.63) is 59.5 Å². The van der Waals surface area contributed by atoms with Crippen LogP contribution in [0.1, 0.15) is 11.1 Å². The molecule has 0 aliphatic carbocycles. The molecule has 166 valence electrons. The first-order chi connectivity index (χ1) is 14.8. The Bertz CT molecular complexity index is 1070. The monoisotopic (exact) mass is 447 g/mol. The van der Waals surface area contributed by atoms with Crippen LogP contribution >= 0.6 is 0 Å².